The second kappa shape index (κ2) is 2.00. The lowest BCUT2D eigenvalue weighted by atomic mass is 10.3. The molecule has 0 heterocycles. The molecule has 0 aliphatic rings. The summed E-state index contributed by atoms with van der Waals surface area (Å²) in [6.45, 7) is 0. The van der Waals surface area contributed by atoms with Crippen molar-refractivity contribution in [3.8, 4) is 0 Å². The predicted molar refractivity (Wildman–Crippen MR) is 40.4 cm³/mol. The summed E-state index contributed by atoms with van der Waals surface area (Å²) in [4.78, 5) is 0. The molecule has 42 valence electrons. The smallest absolute Gasteiger partial charge is 0.0384 e. The molecule has 8 heavy (non-hydrogen) atoms. The summed E-state index contributed by atoms with van der Waals surface area (Å²) in [5.74, 6) is 0. The molecule has 0 bridgehead atoms. The number of benzene rings is 1. The van der Waals surface area contributed by atoms with Gasteiger partial charge in [0.15, 0.2) is 0 Å². The molecule has 0 amide bonds. The van der Waals surface area contributed by atoms with E-state index in [1.165, 1.54) is 5.19 Å². The highest BCUT2D eigenvalue weighted by molar-refractivity contribution is 6.32. The molecule has 2 N–H and O–H groups in total. The minimum atomic E-state index is 0.851. The molecule has 1 aromatic rings. The van der Waals surface area contributed by atoms with E-state index in [1.54, 1.807) is 0 Å². The minimum Gasteiger partial charge on any atom is -0.399 e. The van der Waals surface area contributed by atoms with Crippen LogP contribution in [0, 0.1) is 0 Å². The summed E-state index contributed by atoms with van der Waals surface area (Å²) in [5.41, 5.74) is 6.29. The van der Waals surface area contributed by atoms with Gasteiger partial charge in [0.1, 0.15) is 0 Å². The number of nitrogens with two attached hydrogens (primary N) is 1. The summed E-state index contributed by atoms with van der Waals surface area (Å²) >= 11 is 0. The van der Waals surface area contributed by atoms with Crippen molar-refractivity contribution in [3.05, 3.63) is 24.3 Å². The van der Waals surface area contributed by atoms with Gasteiger partial charge in [0.05, 0.1) is 0 Å². The molecule has 1 nitrogen and oxygen atoms in total. The third-order valence-electron chi connectivity index (χ3n) is 1.08. The average Bonchev–Trinajstić information content (AvgIpc) is 1.77. The Kier molecular flexibility index (Phi) is 1.35. The van der Waals surface area contributed by atoms with Gasteiger partial charge >= 0.3 is 0 Å². The van der Waals surface area contributed by atoms with E-state index >= 15 is 0 Å². The molecule has 0 aliphatic carbocycles. The van der Waals surface area contributed by atoms with Crippen LogP contribution in [0.4, 0.5) is 5.69 Å². The highest BCUT2D eigenvalue weighted by Gasteiger charge is 1.80. The number of hydrogen-bond donors (Lipinski definition) is 1. The Morgan fingerprint density at radius 3 is 2.00 bits per heavy atom. The summed E-state index contributed by atoms with van der Waals surface area (Å²) in [5, 5.41) is 1.39. The monoisotopic (exact) mass is 123 g/mol. The first-order valence-electron chi connectivity index (χ1n) is 2.61. The Morgan fingerprint density at radius 2 is 1.62 bits per heavy atom. The van der Waals surface area contributed by atoms with E-state index in [4.69, 9.17) is 5.73 Å². The Hall–Kier alpha value is -0.763. The van der Waals surface area contributed by atoms with Crippen molar-refractivity contribution in [1.82, 2.24) is 0 Å². The van der Waals surface area contributed by atoms with E-state index in [1.807, 2.05) is 12.1 Å². The van der Waals surface area contributed by atoms with Crippen LogP contribution < -0.4 is 10.9 Å². The van der Waals surface area contributed by atoms with Crippen molar-refractivity contribution in [2.45, 2.75) is 0 Å². The van der Waals surface area contributed by atoms with E-state index in [0.717, 1.165) is 15.9 Å². The fourth-order valence-electron chi connectivity index (χ4n) is 0.566. The molecule has 0 aliphatic heterocycles. The van der Waals surface area contributed by atoms with E-state index < -0.39 is 0 Å². The lowest BCUT2D eigenvalue weighted by Gasteiger charge is -1.90. The molecule has 0 spiro atoms. The van der Waals surface area contributed by atoms with Crippen molar-refractivity contribution in [1.29, 1.82) is 0 Å². The number of nitrogen functional groups attached to an aromatic ring is 1. The fourth-order valence-corrected chi connectivity index (χ4v) is 0.900. The summed E-state index contributed by atoms with van der Waals surface area (Å²) < 4.78 is 0. The zero-order valence-corrected chi connectivity index (χ0v) is 6.89. The second-order valence-electron chi connectivity index (χ2n) is 1.91. The molecule has 2 heteroatoms. The van der Waals surface area contributed by atoms with E-state index in [0.29, 0.717) is 0 Å². The molecular weight excluding hydrogens is 114 g/mol. The van der Waals surface area contributed by atoms with E-state index in [9.17, 15) is 0 Å². The van der Waals surface area contributed by atoms with Crippen molar-refractivity contribution < 1.29 is 0 Å². The second-order valence-corrected chi connectivity index (χ2v) is 3.07. The normalized spacial score (nSPS) is 9.50. The third-order valence-corrected chi connectivity index (χ3v) is 1.74. The van der Waals surface area contributed by atoms with Crippen LogP contribution in [0.2, 0.25) is 0 Å². The standard InChI is InChI=1S/C6H9NSi/c7-5-1-3-6(8)4-2-5/h1-4H,7H2,8H3. The van der Waals surface area contributed by atoms with Crippen molar-refractivity contribution in [2.24, 2.45) is 0 Å². The first-order chi connectivity index (χ1) is 3.79. The molecule has 1 aromatic carbocycles. The summed E-state index contributed by atoms with van der Waals surface area (Å²) in [7, 11) is 1.12. The largest absolute Gasteiger partial charge is 0.399 e. The molecule has 0 aromatic heterocycles. The van der Waals surface area contributed by atoms with Gasteiger partial charge in [-0.3, -0.25) is 0 Å². The number of rotatable bonds is 0. The fraction of sp³-hybridized carbons (Fsp3) is 0. The number of hydrogen-bond acceptors (Lipinski definition) is 1. The van der Waals surface area contributed by atoms with Gasteiger partial charge in [-0.25, -0.2) is 0 Å². The van der Waals surface area contributed by atoms with Gasteiger partial charge in [0, 0.05) is 15.9 Å². The van der Waals surface area contributed by atoms with E-state index in [-0.39, 0.29) is 0 Å². The van der Waals surface area contributed by atoms with Crippen LogP contribution in [0.5, 0.6) is 0 Å². The van der Waals surface area contributed by atoms with Gasteiger partial charge in [0.25, 0.3) is 0 Å². The van der Waals surface area contributed by atoms with Crippen molar-refractivity contribution >= 4 is 21.1 Å². The van der Waals surface area contributed by atoms with Crippen LogP contribution in [-0.2, 0) is 0 Å². The van der Waals surface area contributed by atoms with Gasteiger partial charge in [-0.15, -0.1) is 0 Å². The molecular formula is C6H9NSi. The zero-order valence-electron chi connectivity index (χ0n) is 4.89. The minimum absolute atomic E-state index is 0.851. The highest BCUT2D eigenvalue weighted by Crippen LogP contribution is 1.93. The molecule has 1 rings (SSSR count). The van der Waals surface area contributed by atoms with Crippen LogP contribution in [0.3, 0.4) is 0 Å². The van der Waals surface area contributed by atoms with Crippen LogP contribution in [0.25, 0.3) is 0 Å². The average molecular weight is 123 g/mol. The topological polar surface area (TPSA) is 26.0 Å². The Labute approximate surface area is 51.9 Å². The Balaban J connectivity index is 3.03. The maximum absolute atomic E-state index is 5.44. The molecule has 0 fully saturated rings. The number of anilines is 1. The quantitative estimate of drug-likeness (QED) is 0.357. The summed E-state index contributed by atoms with van der Waals surface area (Å²) in [6, 6.07) is 7.98. The van der Waals surface area contributed by atoms with Crippen LogP contribution >= 0.6 is 0 Å². The van der Waals surface area contributed by atoms with Crippen LogP contribution in [0.15, 0.2) is 24.3 Å². The molecule has 0 saturated heterocycles. The van der Waals surface area contributed by atoms with Gasteiger partial charge < -0.3 is 5.73 Å². The van der Waals surface area contributed by atoms with E-state index in [2.05, 4.69) is 12.1 Å². The Bertz CT molecular complexity index is 147. The maximum atomic E-state index is 5.44. The highest BCUT2D eigenvalue weighted by atomic mass is 28.1. The predicted octanol–water partition coefficient (Wildman–Crippen LogP) is -0.740. The van der Waals surface area contributed by atoms with Gasteiger partial charge in [-0.2, -0.15) is 0 Å². The zero-order chi connectivity index (χ0) is 5.98. The lowest BCUT2D eigenvalue weighted by Crippen LogP contribution is -1.99. The Morgan fingerprint density at radius 1 is 1.12 bits per heavy atom. The van der Waals surface area contributed by atoms with Gasteiger partial charge in [0.2, 0.25) is 0 Å². The molecule has 0 radical (unpaired) electrons. The first kappa shape index (κ1) is 5.38. The van der Waals surface area contributed by atoms with Crippen LogP contribution in [0.1, 0.15) is 0 Å². The maximum Gasteiger partial charge on any atom is 0.0384 e. The molecule has 0 unspecified atom stereocenters. The van der Waals surface area contributed by atoms with Crippen molar-refractivity contribution in [3.63, 3.8) is 0 Å². The molecule has 0 saturated carbocycles. The third kappa shape index (κ3) is 1.10. The van der Waals surface area contributed by atoms with Crippen LogP contribution in [-0.4, -0.2) is 10.2 Å². The summed E-state index contributed by atoms with van der Waals surface area (Å²) in [6.07, 6.45) is 0. The lowest BCUT2D eigenvalue weighted by molar-refractivity contribution is 1.73. The van der Waals surface area contributed by atoms with Crippen molar-refractivity contribution in [2.75, 3.05) is 5.73 Å². The SMILES string of the molecule is Nc1ccc([SiH3])cc1. The first-order valence-corrected chi connectivity index (χ1v) is 3.61. The van der Waals surface area contributed by atoms with Gasteiger partial charge in [-0.1, -0.05) is 17.3 Å². The van der Waals surface area contributed by atoms with Gasteiger partial charge in [-0.05, 0) is 12.1 Å². The molecule has 0 atom stereocenters.